The minimum atomic E-state index is -0.306. The fourth-order valence-electron chi connectivity index (χ4n) is 1.66. The van der Waals surface area contributed by atoms with Gasteiger partial charge in [-0.3, -0.25) is 4.79 Å². The van der Waals surface area contributed by atoms with E-state index in [-0.39, 0.29) is 16.4 Å². The fraction of sp³-hybridized carbons (Fsp3) is 0.250. The van der Waals surface area contributed by atoms with E-state index in [1.54, 1.807) is 12.3 Å². The number of H-pyrrole nitrogens is 1. The number of hydrogen-bond donors (Lipinski definition) is 1. The highest BCUT2D eigenvalue weighted by Gasteiger charge is 2.18. The molecule has 0 fully saturated rings. The second kappa shape index (κ2) is 4.37. The summed E-state index contributed by atoms with van der Waals surface area (Å²) in [6.45, 7) is 1.94. The molecule has 0 aliphatic rings. The molecule has 1 unspecified atom stereocenters. The summed E-state index contributed by atoms with van der Waals surface area (Å²) in [6.07, 6.45) is 2.36. The maximum Gasteiger partial charge on any atom is 0.178 e. The zero-order valence-electron chi connectivity index (χ0n) is 8.76. The third-order valence-corrected chi connectivity index (χ3v) is 3.62. The maximum atomic E-state index is 13.0. The third-order valence-electron chi connectivity index (χ3n) is 2.55. The SMILES string of the molecule is CCC(Br)C(=O)c1c[nH]c2cc(F)ccc12. The van der Waals surface area contributed by atoms with Gasteiger partial charge >= 0.3 is 0 Å². The molecule has 0 bridgehead atoms. The molecule has 4 heteroatoms. The lowest BCUT2D eigenvalue weighted by Crippen LogP contribution is -2.12. The predicted octanol–water partition coefficient (Wildman–Crippen LogP) is 3.66. The van der Waals surface area contributed by atoms with E-state index < -0.39 is 0 Å². The summed E-state index contributed by atoms with van der Waals surface area (Å²) in [5, 5.41) is 0.768. The number of aromatic amines is 1. The number of Topliss-reactive ketones (excluding diaryl/α,β-unsaturated/α-hetero) is 1. The van der Waals surface area contributed by atoms with Crippen LogP contribution in [0.2, 0.25) is 0 Å². The highest BCUT2D eigenvalue weighted by Crippen LogP contribution is 2.23. The smallest absolute Gasteiger partial charge is 0.178 e. The highest BCUT2D eigenvalue weighted by molar-refractivity contribution is 9.10. The molecule has 1 aromatic carbocycles. The Morgan fingerprint density at radius 1 is 1.56 bits per heavy atom. The van der Waals surface area contributed by atoms with E-state index in [9.17, 15) is 9.18 Å². The minimum absolute atomic E-state index is 0.0281. The molecule has 0 amide bonds. The molecule has 1 atom stereocenters. The van der Waals surface area contributed by atoms with Crippen molar-refractivity contribution in [1.82, 2.24) is 4.98 Å². The normalized spacial score (nSPS) is 12.9. The van der Waals surface area contributed by atoms with Crippen molar-refractivity contribution in [2.45, 2.75) is 18.2 Å². The zero-order valence-corrected chi connectivity index (χ0v) is 10.3. The quantitative estimate of drug-likeness (QED) is 0.677. The van der Waals surface area contributed by atoms with Crippen molar-refractivity contribution in [3.63, 3.8) is 0 Å². The summed E-state index contributed by atoms with van der Waals surface area (Å²) in [7, 11) is 0. The van der Waals surface area contributed by atoms with Crippen LogP contribution in [0.25, 0.3) is 10.9 Å². The molecule has 16 heavy (non-hydrogen) atoms. The second-order valence-corrected chi connectivity index (χ2v) is 4.74. The first-order chi connectivity index (χ1) is 7.63. The lowest BCUT2D eigenvalue weighted by molar-refractivity contribution is 0.0992. The molecule has 2 nitrogen and oxygen atoms in total. The van der Waals surface area contributed by atoms with Crippen LogP contribution in [0.3, 0.4) is 0 Å². The second-order valence-electron chi connectivity index (χ2n) is 3.63. The molecule has 1 N–H and O–H groups in total. The Bertz CT molecular complexity index is 535. The Hall–Kier alpha value is -1.16. The van der Waals surface area contributed by atoms with Gasteiger partial charge in [0.05, 0.1) is 4.83 Å². The van der Waals surface area contributed by atoms with Crippen molar-refractivity contribution in [2.24, 2.45) is 0 Å². The van der Waals surface area contributed by atoms with E-state index in [4.69, 9.17) is 0 Å². The largest absolute Gasteiger partial charge is 0.360 e. The van der Waals surface area contributed by atoms with Crippen molar-refractivity contribution in [3.8, 4) is 0 Å². The number of alkyl halides is 1. The number of rotatable bonds is 3. The van der Waals surface area contributed by atoms with Gasteiger partial charge in [0.25, 0.3) is 0 Å². The Labute approximate surface area is 101 Å². The van der Waals surface area contributed by atoms with Crippen LogP contribution in [0.1, 0.15) is 23.7 Å². The van der Waals surface area contributed by atoms with Crippen molar-refractivity contribution >= 4 is 32.6 Å². The Morgan fingerprint density at radius 2 is 2.31 bits per heavy atom. The highest BCUT2D eigenvalue weighted by atomic mass is 79.9. The first kappa shape index (κ1) is 11.3. The fourth-order valence-corrected chi connectivity index (χ4v) is 1.90. The third kappa shape index (κ3) is 1.89. The van der Waals surface area contributed by atoms with Crippen LogP contribution in [0.15, 0.2) is 24.4 Å². The number of nitrogens with one attached hydrogen (secondary N) is 1. The van der Waals surface area contributed by atoms with E-state index in [1.807, 2.05) is 6.92 Å². The summed E-state index contributed by atoms with van der Waals surface area (Å²) in [5.74, 6) is -0.278. The van der Waals surface area contributed by atoms with Crippen molar-refractivity contribution in [1.29, 1.82) is 0 Å². The maximum absolute atomic E-state index is 13.0. The molecule has 84 valence electrons. The van der Waals surface area contributed by atoms with Gasteiger partial charge in [0, 0.05) is 22.7 Å². The van der Waals surface area contributed by atoms with Crippen LogP contribution in [0.4, 0.5) is 4.39 Å². The van der Waals surface area contributed by atoms with Crippen molar-refractivity contribution in [3.05, 3.63) is 35.8 Å². The number of benzene rings is 1. The summed E-state index contributed by atoms with van der Waals surface area (Å²) in [4.78, 5) is 14.7. The molecular formula is C12H11BrFNO. The monoisotopic (exact) mass is 283 g/mol. The van der Waals surface area contributed by atoms with Crippen LogP contribution in [0, 0.1) is 5.82 Å². The van der Waals surface area contributed by atoms with Gasteiger partial charge in [-0.25, -0.2) is 4.39 Å². The molecule has 2 aromatic rings. The molecule has 2 rings (SSSR count). The van der Waals surface area contributed by atoms with Gasteiger partial charge in [-0.2, -0.15) is 0 Å². The topological polar surface area (TPSA) is 32.9 Å². The van der Waals surface area contributed by atoms with E-state index in [2.05, 4.69) is 20.9 Å². The Kier molecular flexibility index (Phi) is 3.10. The molecule has 0 radical (unpaired) electrons. The van der Waals surface area contributed by atoms with Gasteiger partial charge in [0.15, 0.2) is 5.78 Å². The van der Waals surface area contributed by atoms with E-state index in [1.165, 1.54) is 12.1 Å². The van der Waals surface area contributed by atoms with Gasteiger partial charge in [0.2, 0.25) is 0 Å². The molecule has 0 spiro atoms. The molecule has 0 aliphatic carbocycles. The van der Waals surface area contributed by atoms with Crippen LogP contribution in [-0.2, 0) is 0 Å². The Balaban J connectivity index is 2.50. The Morgan fingerprint density at radius 3 is 3.00 bits per heavy atom. The number of hydrogen-bond acceptors (Lipinski definition) is 1. The number of ketones is 1. The van der Waals surface area contributed by atoms with E-state index in [0.717, 1.165) is 11.8 Å². The lowest BCUT2D eigenvalue weighted by Gasteiger charge is -2.03. The van der Waals surface area contributed by atoms with E-state index in [0.29, 0.717) is 11.1 Å². The molecule has 1 heterocycles. The standard InChI is InChI=1S/C12H11BrFNO/c1-2-10(13)12(16)9-6-15-11-5-7(14)3-4-8(9)11/h3-6,10,15H,2H2,1H3. The van der Waals surface area contributed by atoms with Gasteiger partial charge in [0.1, 0.15) is 5.82 Å². The van der Waals surface area contributed by atoms with Crippen molar-refractivity contribution in [2.75, 3.05) is 0 Å². The molecule has 0 saturated carbocycles. The number of halogens is 2. The van der Waals surface area contributed by atoms with Gasteiger partial charge in [-0.05, 0) is 24.6 Å². The summed E-state index contributed by atoms with van der Waals surface area (Å²) < 4.78 is 13.0. The van der Waals surface area contributed by atoms with Crippen LogP contribution >= 0.6 is 15.9 Å². The summed E-state index contributed by atoms with van der Waals surface area (Å²) in [6, 6.07) is 4.38. The average molecular weight is 284 g/mol. The van der Waals surface area contributed by atoms with E-state index >= 15 is 0 Å². The van der Waals surface area contributed by atoms with Crippen LogP contribution in [-0.4, -0.2) is 15.6 Å². The van der Waals surface area contributed by atoms with Crippen LogP contribution < -0.4 is 0 Å². The zero-order chi connectivity index (χ0) is 11.7. The number of carbonyl (C=O) groups excluding carboxylic acids is 1. The predicted molar refractivity (Wildman–Crippen MR) is 65.6 cm³/mol. The molecule has 0 aliphatic heterocycles. The molecule has 1 aromatic heterocycles. The first-order valence-electron chi connectivity index (χ1n) is 5.08. The number of fused-ring (bicyclic) bond motifs is 1. The average Bonchev–Trinajstić information content (AvgIpc) is 2.69. The summed E-state index contributed by atoms with van der Waals surface area (Å²) in [5.41, 5.74) is 1.26. The van der Waals surface area contributed by atoms with Crippen molar-refractivity contribution < 1.29 is 9.18 Å². The lowest BCUT2D eigenvalue weighted by atomic mass is 10.1. The summed E-state index contributed by atoms with van der Waals surface area (Å²) >= 11 is 3.33. The van der Waals surface area contributed by atoms with Gasteiger partial charge in [-0.1, -0.05) is 22.9 Å². The first-order valence-corrected chi connectivity index (χ1v) is 6.00. The molecular weight excluding hydrogens is 273 g/mol. The van der Waals surface area contributed by atoms with Gasteiger partial charge < -0.3 is 4.98 Å². The van der Waals surface area contributed by atoms with Crippen LogP contribution in [0.5, 0.6) is 0 Å². The number of aromatic nitrogens is 1. The van der Waals surface area contributed by atoms with Gasteiger partial charge in [-0.15, -0.1) is 0 Å². The number of carbonyl (C=O) groups is 1. The minimum Gasteiger partial charge on any atom is -0.360 e. The molecule has 0 saturated heterocycles.